The lowest BCUT2D eigenvalue weighted by Crippen LogP contribution is -2.31. The zero-order valence-corrected chi connectivity index (χ0v) is 15.8. The van der Waals surface area contributed by atoms with E-state index in [1.54, 1.807) is 6.08 Å². The lowest BCUT2D eigenvalue weighted by atomic mass is 9.83. The van der Waals surface area contributed by atoms with Crippen molar-refractivity contribution in [3.63, 3.8) is 0 Å². The van der Waals surface area contributed by atoms with E-state index < -0.39 is 5.54 Å². The highest BCUT2D eigenvalue weighted by Crippen LogP contribution is 2.31. The van der Waals surface area contributed by atoms with Gasteiger partial charge in [0.1, 0.15) is 12.4 Å². The predicted octanol–water partition coefficient (Wildman–Crippen LogP) is 5.32. The molecule has 0 aliphatic rings. The molecule has 0 spiro atoms. The lowest BCUT2D eigenvalue weighted by Gasteiger charge is -2.28. The number of halogens is 1. The van der Waals surface area contributed by atoms with E-state index in [2.05, 4.69) is 34.8 Å². The van der Waals surface area contributed by atoms with Gasteiger partial charge in [0, 0.05) is 0 Å². The van der Waals surface area contributed by atoms with Gasteiger partial charge in [0.05, 0.1) is 10.0 Å². The van der Waals surface area contributed by atoms with Crippen molar-refractivity contribution >= 4 is 22.0 Å². The zero-order valence-electron chi connectivity index (χ0n) is 14.3. The Kier molecular flexibility index (Phi) is 6.36. The maximum absolute atomic E-state index is 10.8. The van der Waals surface area contributed by atoms with Crippen LogP contribution in [0.3, 0.4) is 0 Å². The fourth-order valence-corrected chi connectivity index (χ4v) is 2.76. The van der Waals surface area contributed by atoms with Crippen LogP contribution >= 0.6 is 15.9 Å². The Hall–Kier alpha value is -1.90. The van der Waals surface area contributed by atoms with Gasteiger partial charge < -0.3 is 4.74 Å². The molecule has 0 radical (unpaired) electrons. The normalized spacial score (nSPS) is 13.2. The molecule has 0 N–H and O–H groups in total. The van der Waals surface area contributed by atoms with Gasteiger partial charge in [-0.2, -0.15) is 4.99 Å². The fraction of sp³-hybridized carbons (Fsp3) is 0.350. The number of rotatable bonds is 7. The quantitative estimate of drug-likeness (QED) is 0.476. The first-order valence-corrected chi connectivity index (χ1v) is 8.78. The number of benzene rings is 2. The fourth-order valence-electron chi connectivity index (χ4n) is 2.39. The van der Waals surface area contributed by atoms with Crippen LogP contribution in [0.25, 0.3) is 0 Å². The lowest BCUT2D eigenvalue weighted by molar-refractivity contribution is 0.302. The second-order valence-corrected chi connectivity index (χ2v) is 7.29. The van der Waals surface area contributed by atoms with Crippen molar-refractivity contribution in [1.82, 2.24) is 0 Å². The van der Waals surface area contributed by atoms with Crippen LogP contribution in [0.4, 0.5) is 0 Å². The summed E-state index contributed by atoms with van der Waals surface area (Å²) in [6.45, 7) is 6.62. The molecular formula is C20H22BrNO2. The molecule has 24 heavy (non-hydrogen) atoms. The molecule has 1 atom stereocenters. The van der Waals surface area contributed by atoms with Gasteiger partial charge in [0.2, 0.25) is 6.08 Å². The molecule has 0 bridgehead atoms. The molecular weight excluding hydrogens is 366 g/mol. The Morgan fingerprint density at radius 2 is 1.88 bits per heavy atom. The van der Waals surface area contributed by atoms with E-state index in [0.29, 0.717) is 13.0 Å². The SMILES string of the molecule is CC(C)C(C)(Cc1ccc(Br)c(OCc2ccccc2)c1)N=C=O. The summed E-state index contributed by atoms with van der Waals surface area (Å²) in [5, 5.41) is 0. The molecule has 126 valence electrons. The number of carbonyl (C=O) groups excluding carboxylic acids is 1. The average molecular weight is 388 g/mol. The van der Waals surface area contributed by atoms with Crippen LogP contribution in [0.15, 0.2) is 58.0 Å². The van der Waals surface area contributed by atoms with Crippen LogP contribution < -0.4 is 4.74 Å². The summed E-state index contributed by atoms with van der Waals surface area (Å²) in [6.07, 6.45) is 2.38. The minimum Gasteiger partial charge on any atom is -0.488 e. The van der Waals surface area contributed by atoms with E-state index in [4.69, 9.17) is 4.74 Å². The first kappa shape index (κ1) is 18.4. The molecule has 3 nitrogen and oxygen atoms in total. The molecule has 0 saturated carbocycles. The van der Waals surface area contributed by atoms with Crippen molar-refractivity contribution in [3.05, 3.63) is 64.1 Å². The highest BCUT2D eigenvalue weighted by molar-refractivity contribution is 9.10. The van der Waals surface area contributed by atoms with Crippen molar-refractivity contribution in [2.45, 2.75) is 39.3 Å². The highest BCUT2D eigenvalue weighted by atomic mass is 79.9. The van der Waals surface area contributed by atoms with E-state index >= 15 is 0 Å². The second-order valence-electron chi connectivity index (χ2n) is 6.43. The highest BCUT2D eigenvalue weighted by Gasteiger charge is 2.28. The van der Waals surface area contributed by atoms with Crippen molar-refractivity contribution < 1.29 is 9.53 Å². The molecule has 0 aromatic heterocycles. The van der Waals surface area contributed by atoms with Crippen molar-refractivity contribution in [1.29, 1.82) is 0 Å². The first-order chi connectivity index (χ1) is 11.4. The van der Waals surface area contributed by atoms with E-state index in [0.717, 1.165) is 21.3 Å². The number of aliphatic imine (C=N–C) groups is 1. The summed E-state index contributed by atoms with van der Waals surface area (Å²) in [6, 6.07) is 16.1. The Morgan fingerprint density at radius 3 is 2.50 bits per heavy atom. The Bertz CT molecular complexity index is 724. The first-order valence-electron chi connectivity index (χ1n) is 7.99. The minimum atomic E-state index is -0.466. The van der Waals surface area contributed by atoms with Crippen LogP contribution in [0.1, 0.15) is 31.9 Å². The van der Waals surface area contributed by atoms with Gasteiger partial charge >= 0.3 is 0 Å². The van der Waals surface area contributed by atoms with Crippen LogP contribution in [0, 0.1) is 5.92 Å². The van der Waals surface area contributed by atoms with Gasteiger partial charge in [-0.05, 0) is 58.5 Å². The maximum atomic E-state index is 10.8. The predicted molar refractivity (Wildman–Crippen MR) is 100.0 cm³/mol. The summed E-state index contributed by atoms with van der Waals surface area (Å²) in [4.78, 5) is 14.8. The molecule has 0 saturated heterocycles. The largest absolute Gasteiger partial charge is 0.488 e. The summed E-state index contributed by atoms with van der Waals surface area (Å²) in [7, 11) is 0. The van der Waals surface area contributed by atoms with E-state index in [9.17, 15) is 4.79 Å². The van der Waals surface area contributed by atoms with Gasteiger partial charge in [-0.25, -0.2) is 4.79 Å². The van der Waals surface area contributed by atoms with Crippen molar-refractivity contribution in [3.8, 4) is 5.75 Å². The van der Waals surface area contributed by atoms with Crippen LogP contribution in [0.2, 0.25) is 0 Å². The monoisotopic (exact) mass is 387 g/mol. The van der Waals surface area contributed by atoms with Crippen molar-refractivity contribution in [2.24, 2.45) is 10.9 Å². The zero-order chi connectivity index (χ0) is 17.6. The van der Waals surface area contributed by atoms with Gasteiger partial charge in [0.15, 0.2) is 0 Å². The standard InChI is InChI=1S/C20H22BrNO2/c1-15(2)20(3,22-14-23)12-17-9-10-18(21)19(11-17)24-13-16-7-5-4-6-8-16/h4-11,15H,12-13H2,1-3H3. The third-order valence-corrected chi connectivity index (χ3v) is 4.99. The molecule has 0 aliphatic carbocycles. The topological polar surface area (TPSA) is 38.7 Å². The van der Waals surface area contributed by atoms with Crippen LogP contribution in [0.5, 0.6) is 5.75 Å². The smallest absolute Gasteiger partial charge is 0.235 e. The van der Waals surface area contributed by atoms with Gasteiger partial charge in [-0.1, -0.05) is 50.2 Å². The molecule has 2 rings (SSSR count). The number of nitrogens with zero attached hydrogens (tertiary/aromatic N) is 1. The third kappa shape index (κ3) is 4.80. The number of ether oxygens (including phenoxy) is 1. The molecule has 0 aliphatic heterocycles. The Labute approximate surface area is 151 Å². The average Bonchev–Trinajstić information content (AvgIpc) is 2.56. The number of hydrogen-bond donors (Lipinski definition) is 0. The van der Waals surface area contributed by atoms with E-state index in [-0.39, 0.29) is 5.92 Å². The van der Waals surface area contributed by atoms with Gasteiger partial charge in [-0.3, -0.25) is 0 Å². The van der Waals surface area contributed by atoms with Crippen LogP contribution in [-0.2, 0) is 17.8 Å². The van der Waals surface area contributed by atoms with Gasteiger partial charge in [0.25, 0.3) is 0 Å². The van der Waals surface area contributed by atoms with Gasteiger partial charge in [-0.15, -0.1) is 0 Å². The molecule has 2 aromatic carbocycles. The molecule has 0 heterocycles. The molecule has 0 amide bonds. The Balaban J connectivity index is 2.17. The summed E-state index contributed by atoms with van der Waals surface area (Å²) in [5.41, 5.74) is 1.73. The maximum Gasteiger partial charge on any atom is 0.235 e. The molecule has 1 unspecified atom stereocenters. The van der Waals surface area contributed by atoms with E-state index in [1.165, 1.54) is 0 Å². The molecule has 0 fully saturated rings. The number of isocyanates is 1. The number of hydrogen-bond acceptors (Lipinski definition) is 3. The second kappa shape index (κ2) is 8.27. The third-order valence-electron chi connectivity index (χ3n) is 4.34. The minimum absolute atomic E-state index is 0.233. The summed E-state index contributed by atoms with van der Waals surface area (Å²) >= 11 is 3.53. The van der Waals surface area contributed by atoms with E-state index in [1.807, 2.05) is 55.5 Å². The van der Waals surface area contributed by atoms with Crippen molar-refractivity contribution in [2.75, 3.05) is 0 Å². The molecule has 4 heteroatoms. The summed E-state index contributed by atoms with van der Waals surface area (Å²) in [5.74, 6) is 1.02. The Morgan fingerprint density at radius 1 is 1.17 bits per heavy atom. The summed E-state index contributed by atoms with van der Waals surface area (Å²) < 4.78 is 6.85. The molecule has 2 aromatic rings. The van der Waals surface area contributed by atoms with Crippen LogP contribution in [-0.4, -0.2) is 11.6 Å².